The van der Waals surface area contributed by atoms with Crippen molar-refractivity contribution in [2.75, 3.05) is 32.1 Å². The van der Waals surface area contributed by atoms with E-state index in [1.165, 1.54) is 0 Å². The minimum atomic E-state index is -3.19. The number of carbonyl (C=O) groups excluding carboxylic acids is 1. The Kier molecular flexibility index (Phi) is 3.72. The lowest BCUT2D eigenvalue weighted by atomic mass is 9.83. The zero-order valence-electron chi connectivity index (χ0n) is 13.7. The lowest BCUT2D eigenvalue weighted by molar-refractivity contribution is 0.0264. The maximum atomic E-state index is 12.5. The number of nitrogens with zero attached hydrogens (tertiary/aromatic N) is 2. The van der Waals surface area contributed by atoms with Crippen molar-refractivity contribution < 1.29 is 22.5 Å². The van der Waals surface area contributed by atoms with Crippen molar-refractivity contribution in [1.82, 2.24) is 10.1 Å². The molecule has 1 spiro atoms. The lowest BCUT2D eigenvalue weighted by Crippen LogP contribution is -2.68. The fourth-order valence-corrected chi connectivity index (χ4v) is 6.22. The topological polar surface area (TPSA) is 89.7 Å². The molecular weight excluding hydrogens is 332 g/mol. The van der Waals surface area contributed by atoms with E-state index in [1.54, 1.807) is 11.0 Å². The van der Waals surface area contributed by atoms with Crippen LogP contribution in [-0.2, 0) is 14.6 Å². The molecule has 3 heterocycles. The first-order valence-electron chi connectivity index (χ1n) is 8.53. The fourth-order valence-electron chi connectivity index (χ4n) is 3.82. The van der Waals surface area contributed by atoms with Gasteiger partial charge in [-0.2, -0.15) is 0 Å². The van der Waals surface area contributed by atoms with Gasteiger partial charge in [0.1, 0.15) is 10.5 Å². The summed E-state index contributed by atoms with van der Waals surface area (Å²) in [6.07, 6.45) is 2.76. The average molecular weight is 354 g/mol. The third kappa shape index (κ3) is 2.38. The standard InChI is InChI=1S/C16H22N2O5S/c1-2-22-8-12-5-6-24(20,21)16(12)9-18(10-16)15(19)13-7-14(23-17-13)11-3-4-11/h7,11-12H,2-6,8-10H2,1H3/t12-/m0/s1. The van der Waals surface area contributed by atoms with E-state index >= 15 is 0 Å². The molecule has 7 nitrogen and oxygen atoms in total. The first-order valence-corrected chi connectivity index (χ1v) is 10.2. The minimum Gasteiger partial charge on any atom is -0.381 e. The monoisotopic (exact) mass is 354 g/mol. The molecule has 1 aliphatic carbocycles. The number of likely N-dealkylation sites (tertiary alicyclic amines) is 1. The summed E-state index contributed by atoms with van der Waals surface area (Å²) in [5.41, 5.74) is 0.281. The molecule has 4 rings (SSSR count). The van der Waals surface area contributed by atoms with Gasteiger partial charge in [-0.15, -0.1) is 0 Å². The number of rotatable bonds is 5. The molecule has 2 saturated heterocycles. The smallest absolute Gasteiger partial charge is 0.276 e. The largest absolute Gasteiger partial charge is 0.381 e. The van der Waals surface area contributed by atoms with Gasteiger partial charge in [-0.25, -0.2) is 8.42 Å². The molecular formula is C16H22N2O5S. The zero-order chi connectivity index (χ0) is 16.9. The number of hydrogen-bond acceptors (Lipinski definition) is 6. The van der Waals surface area contributed by atoms with Crippen LogP contribution in [0.15, 0.2) is 10.6 Å². The summed E-state index contributed by atoms with van der Waals surface area (Å²) in [5.74, 6) is 1.06. The van der Waals surface area contributed by atoms with Crippen molar-refractivity contribution in [3.63, 3.8) is 0 Å². The predicted molar refractivity (Wildman–Crippen MR) is 85.5 cm³/mol. The van der Waals surface area contributed by atoms with Gasteiger partial charge in [0.15, 0.2) is 15.5 Å². The van der Waals surface area contributed by atoms with Gasteiger partial charge in [0.2, 0.25) is 0 Å². The molecule has 1 atom stereocenters. The highest BCUT2D eigenvalue weighted by Gasteiger charge is 2.62. The van der Waals surface area contributed by atoms with Crippen LogP contribution < -0.4 is 0 Å². The van der Waals surface area contributed by atoms with Gasteiger partial charge in [-0.05, 0) is 26.2 Å². The summed E-state index contributed by atoms with van der Waals surface area (Å²) in [4.78, 5) is 14.1. The minimum absolute atomic E-state index is 0.0363. The first kappa shape index (κ1) is 16.1. The second kappa shape index (κ2) is 5.56. The Morgan fingerprint density at radius 3 is 2.83 bits per heavy atom. The highest BCUT2D eigenvalue weighted by atomic mass is 32.2. The van der Waals surface area contributed by atoms with Crippen molar-refractivity contribution in [2.24, 2.45) is 5.92 Å². The van der Waals surface area contributed by atoms with Gasteiger partial charge >= 0.3 is 0 Å². The fraction of sp³-hybridized carbons (Fsp3) is 0.750. The van der Waals surface area contributed by atoms with Crippen molar-refractivity contribution in [1.29, 1.82) is 0 Å². The molecule has 0 radical (unpaired) electrons. The van der Waals surface area contributed by atoms with Gasteiger partial charge in [0.25, 0.3) is 5.91 Å². The van der Waals surface area contributed by atoms with Crippen molar-refractivity contribution in [3.05, 3.63) is 17.5 Å². The van der Waals surface area contributed by atoms with E-state index in [9.17, 15) is 13.2 Å². The van der Waals surface area contributed by atoms with E-state index in [0.29, 0.717) is 25.6 Å². The van der Waals surface area contributed by atoms with Gasteiger partial charge < -0.3 is 14.2 Å². The summed E-state index contributed by atoms with van der Waals surface area (Å²) in [6.45, 7) is 3.37. The van der Waals surface area contributed by atoms with Crippen LogP contribution in [0, 0.1) is 5.92 Å². The molecule has 2 aliphatic heterocycles. The van der Waals surface area contributed by atoms with Crippen LogP contribution in [0.25, 0.3) is 0 Å². The SMILES string of the molecule is CCOC[C@@H]1CCS(=O)(=O)C12CN(C(=O)c1cc(C3CC3)on1)C2. The van der Waals surface area contributed by atoms with Crippen LogP contribution in [-0.4, -0.2) is 61.2 Å². The molecule has 0 bridgehead atoms. The maximum absolute atomic E-state index is 12.5. The number of sulfone groups is 1. The molecule has 1 aromatic rings. The summed E-state index contributed by atoms with van der Waals surface area (Å²) < 4.78 is 34.9. The van der Waals surface area contributed by atoms with Crippen molar-refractivity contribution >= 4 is 15.7 Å². The first-order chi connectivity index (χ1) is 11.5. The van der Waals surface area contributed by atoms with E-state index in [4.69, 9.17) is 9.26 Å². The quantitative estimate of drug-likeness (QED) is 0.790. The summed E-state index contributed by atoms with van der Waals surface area (Å²) >= 11 is 0. The van der Waals surface area contributed by atoms with Gasteiger partial charge in [0, 0.05) is 37.6 Å². The van der Waals surface area contributed by atoms with E-state index in [2.05, 4.69) is 5.16 Å². The zero-order valence-corrected chi connectivity index (χ0v) is 14.5. The van der Waals surface area contributed by atoms with Crippen LogP contribution in [0.2, 0.25) is 0 Å². The summed E-state index contributed by atoms with van der Waals surface area (Å²) in [7, 11) is -3.19. The van der Waals surface area contributed by atoms with Crippen LogP contribution in [0.4, 0.5) is 0 Å². The van der Waals surface area contributed by atoms with Gasteiger partial charge in [-0.3, -0.25) is 4.79 Å². The summed E-state index contributed by atoms with van der Waals surface area (Å²) in [6, 6.07) is 1.70. The van der Waals surface area contributed by atoms with Crippen molar-refractivity contribution in [3.8, 4) is 0 Å². The normalized spacial score (nSPS) is 27.4. The number of ether oxygens (including phenoxy) is 1. The van der Waals surface area contributed by atoms with Crippen LogP contribution in [0.1, 0.15) is 48.4 Å². The lowest BCUT2D eigenvalue weighted by Gasteiger charge is -2.49. The average Bonchev–Trinajstić information content (AvgIpc) is 3.17. The van der Waals surface area contributed by atoms with E-state index in [-0.39, 0.29) is 36.4 Å². The number of carbonyl (C=O) groups is 1. The third-order valence-electron chi connectivity index (χ3n) is 5.55. The van der Waals surface area contributed by atoms with Crippen LogP contribution in [0.3, 0.4) is 0 Å². The molecule has 0 aromatic carbocycles. The molecule has 0 N–H and O–H groups in total. The van der Waals surface area contributed by atoms with Crippen LogP contribution in [0.5, 0.6) is 0 Å². The highest BCUT2D eigenvalue weighted by Crippen LogP contribution is 2.45. The Labute approximate surface area is 141 Å². The van der Waals surface area contributed by atoms with Gasteiger partial charge in [0.05, 0.1) is 12.4 Å². The number of aromatic nitrogens is 1. The highest BCUT2D eigenvalue weighted by molar-refractivity contribution is 7.93. The summed E-state index contributed by atoms with van der Waals surface area (Å²) in [5, 5.41) is 3.86. The van der Waals surface area contributed by atoms with E-state index in [1.807, 2.05) is 6.92 Å². The Hall–Kier alpha value is -1.41. The van der Waals surface area contributed by atoms with Crippen molar-refractivity contribution in [2.45, 2.75) is 36.9 Å². The van der Waals surface area contributed by atoms with Crippen LogP contribution >= 0.6 is 0 Å². The van der Waals surface area contributed by atoms with Gasteiger partial charge in [-0.1, -0.05) is 5.16 Å². The Morgan fingerprint density at radius 2 is 2.17 bits per heavy atom. The molecule has 3 aliphatic rings. The predicted octanol–water partition coefficient (Wildman–Crippen LogP) is 1.22. The molecule has 1 amide bonds. The second-order valence-electron chi connectivity index (χ2n) is 7.08. The Bertz CT molecular complexity index is 746. The molecule has 24 heavy (non-hydrogen) atoms. The molecule has 3 fully saturated rings. The van der Waals surface area contributed by atoms with E-state index < -0.39 is 14.6 Å². The van der Waals surface area contributed by atoms with E-state index in [0.717, 1.165) is 18.6 Å². The second-order valence-corrected chi connectivity index (χ2v) is 9.53. The molecule has 8 heteroatoms. The molecule has 0 unspecified atom stereocenters. The number of amides is 1. The third-order valence-corrected chi connectivity index (χ3v) is 8.16. The maximum Gasteiger partial charge on any atom is 0.276 e. The molecule has 1 aromatic heterocycles. The number of hydrogen-bond donors (Lipinski definition) is 0. The molecule has 1 saturated carbocycles. The Balaban J connectivity index is 1.47. The molecule has 132 valence electrons. The Morgan fingerprint density at radius 1 is 1.42 bits per heavy atom.